The lowest BCUT2D eigenvalue weighted by Crippen LogP contribution is -2.19. The number of fused-ring (bicyclic) bond motifs is 4. The average molecular weight is 432 g/mol. The normalized spacial score (nSPS) is 14.2. The lowest BCUT2D eigenvalue weighted by molar-refractivity contribution is 0.658. The van der Waals surface area contributed by atoms with Gasteiger partial charge >= 0.3 is 0 Å². The second-order valence-corrected chi connectivity index (χ2v) is 7.50. The summed E-state index contributed by atoms with van der Waals surface area (Å²) in [5.41, 5.74) is 7.57. The molecule has 0 unspecified atom stereocenters. The van der Waals surface area contributed by atoms with E-state index in [4.69, 9.17) is 5.10 Å². The first kappa shape index (κ1) is 21.7. The first-order valence-corrected chi connectivity index (χ1v) is 11.1. The van der Waals surface area contributed by atoms with Crippen LogP contribution in [0.4, 0.5) is 0 Å². The van der Waals surface area contributed by atoms with Crippen molar-refractivity contribution in [3.05, 3.63) is 63.1 Å². The predicted octanol–water partition coefficient (Wildman–Crippen LogP) is 3.45. The fourth-order valence-corrected chi connectivity index (χ4v) is 4.12. The van der Waals surface area contributed by atoms with Crippen LogP contribution in [0, 0.1) is 0 Å². The van der Waals surface area contributed by atoms with Crippen molar-refractivity contribution < 1.29 is 0 Å². The molecule has 0 aromatic carbocycles. The summed E-state index contributed by atoms with van der Waals surface area (Å²) >= 11 is 0. The monoisotopic (exact) mass is 431 g/mol. The van der Waals surface area contributed by atoms with Crippen molar-refractivity contribution >= 4 is 23.1 Å². The number of pyridine rings is 2. The number of nitrogens with one attached hydrogen (secondary N) is 3. The zero-order valence-corrected chi connectivity index (χ0v) is 19.0. The van der Waals surface area contributed by atoms with E-state index in [1.807, 2.05) is 37.7 Å². The minimum Gasteiger partial charge on any atom is -0.329 e. The fraction of sp³-hybridized carbons (Fsp3) is 0.333. The van der Waals surface area contributed by atoms with Crippen molar-refractivity contribution in [2.45, 2.75) is 40.2 Å². The minimum absolute atomic E-state index is 0.144. The largest absolute Gasteiger partial charge is 0.329 e. The number of rotatable bonds is 1. The molecular formula is C24H29N7O. The molecule has 166 valence electrons. The van der Waals surface area contributed by atoms with E-state index in [1.54, 1.807) is 18.5 Å². The van der Waals surface area contributed by atoms with Crippen molar-refractivity contribution in [3.63, 3.8) is 0 Å². The van der Waals surface area contributed by atoms with Crippen LogP contribution < -0.4 is 10.9 Å². The van der Waals surface area contributed by atoms with Gasteiger partial charge in [-0.1, -0.05) is 20.8 Å². The van der Waals surface area contributed by atoms with Gasteiger partial charge in [0.1, 0.15) is 0 Å². The van der Waals surface area contributed by atoms with E-state index in [9.17, 15) is 4.79 Å². The summed E-state index contributed by atoms with van der Waals surface area (Å²) in [5, 5.41) is 16.7. The molecule has 4 aromatic rings. The first-order valence-electron chi connectivity index (χ1n) is 11.1. The summed E-state index contributed by atoms with van der Waals surface area (Å²) in [5.74, 6) is 0. The van der Waals surface area contributed by atoms with Gasteiger partial charge in [0.2, 0.25) is 5.56 Å². The van der Waals surface area contributed by atoms with Crippen LogP contribution >= 0.6 is 0 Å². The first-order chi connectivity index (χ1) is 15.6. The van der Waals surface area contributed by atoms with Gasteiger partial charge in [0.05, 0.1) is 28.8 Å². The molecule has 2 bridgehead atoms. The van der Waals surface area contributed by atoms with Crippen LogP contribution in [0.3, 0.4) is 0 Å². The van der Waals surface area contributed by atoms with E-state index in [0.29, 0.717) is 6.54 Å². The van der Waals surface area contributed by atoms with Crippen LogP contribution in [0.2, 0.25) is 0 Å². The summed E-state index contributed by atoms with van der Waals surface area (Å²) < 4.78 is 1.97. The standard InChI is InChI=1S/C22H23N7O.C2H6/c1-3-21-14-4-5-17-16-8-19(24-12-20(16)27-26-17)15-9-22(30)25-11-13(15)10-23-7-6-18(14)28-29(21)2;1-2/h4-5,8-9,11-12,23H,3,6-7,10H2,1-2H3,(H,25,30)(H,26,27);1-2H3/b5-4+;. The summed E-state index contributed by atoms with van der Waals surface area (Å²) in [4.78, 5) is 19.3. The van der Waals surface area contributed by atoms with Crippen LogP contribution in [-0.2, 0) is 26.4 Å². The van der Waals surface area contributed by atoms with Gasteiger partial charge in [-0.05, 0) is 30.2 Å². The number of nitrogens with zero attached hydrogens (tertiary/aromatic N) is 4. The second kappa shape index (κ2) is 9.32. The topological polar surface area (TPSA) is 104 Å². The summed E-state index contributed by atoms with van der Waals surface area (Å²) in [6.07, 6.45) is 9.39. The highest BCUT2D eigenvalue weighted by molar-refractivity contribution is 5.91. The Morgan fingerprint density at radius 1 is 1.19 bits per heavy atom. The van der Waals surface area contributed by atoms with Crippen LogP contribution in [0.25, 0.3) is 34.3 Å². The van der Waals surface area contributed by atoms with E-state index in [2.05, 4.69) is 38.5 Å². The van der Waals surface area contributed by atoms with Crippen LogP contribution in [0.5, 0.6) is 0 Å². The molecule has 0 amide bonds. The zero-order valence-electron chi connectivity index (χ0n) is 19.0. The van der Waals surface area contributed by atoms with Crippen LogP contribution in [0.1, 0.15) is 49.0 Å². The molecule has 3 N–H and O–H groups in total. The molecule has 5 heterocycles. The Hall–Kier alpha value is -3.52. The SMILES string of the molecule is CC.CCc1c2c(nn1C)CCNCc1c[nH]c(=O)cc1-c1cc3c(n[nH]c3cn1)/C=C/2. The van der Waals surface area contributed by atoms with Gasteiger partial charge in [-0.3, -0.25) is 19.6 Å². The molecule has 0 spiro atoms. The minimum atomic E-state index is -0.144. The molecule has 0 aliphatic carbocycles. The molecule has 1 aliphatic heterocycles. The van der Waals surface area contributed by atoms with Crippen LogP contribution in [-0.4, -0.2) is 36.5 Å². The molecule has 0 saturated carbocycles. The molecular weight excluding hydrogens is 402 g/mol. The summed E-state index contributed by atoms with van der Waals surface area (Å²) in [6.45, 7) is 7.55. The maximum absolute atomic E-state index is 12.0. The lowest BCUT2D eigenvalue weighted by atomic mass is 10.0. The Morgan fingerprint density at radius 2 is 2.03 bits per heavy atom. The van der Waals surface area contributed by atoms with Gasteiger partial charge in [0.15, 0.2) is 0 Å². The molecule has 32 heavy (non-hydrogen) atoms. The van der Waals surface area contributed by atoms with Crippen molar-refractivity contribution in [2.75, 3.05) is 6.54 Å². The number of hydrogen-bond acceptors (Lipinski definition) is 5. The molecule has 1 aliphatic rings. The van der Waals surface area contributed by atoms with Gasteiger partial charge in [0.25, 0.3) is 0 Å². The van der Waals surface area contributed by atoms with E-state index in [-0.39, 0.29) is 5.56 Å². The van der Waals surface area contributed by atoms with Crippen molar-refractivity contribution in [1.82, 2.24) is 35.3 Å². The van der Waals surface area contributed by atoms with Gasteiger partial charge < -0.3 is 10.3 Å². The number of hydrogen-bond donors (Lipinski definition) is 3. The highest BCUT2D eigenvalue weighted by Crippen LogP contribution is 2.27. The third-order valence-corrected chi connectivity index (χ3v) is 5.64. The number of aromatic amines is 2. The third-order valence-electron chi connectivity index (χ3n) is 5.64. The molecule has 0 atom stereocenters. The Balaban J connectivity index is 0.00000119. The van der Waals surface area contributed by atoms with Gasteiger partial charge in [-0.25, -0.2) is 0 Å². The molecule has 0 saturated heterocycles. The Kier molecular flexibility index (Phi) is 6.32. The van der Waals surface area contributed by atoms with Gasteiger partial charge in [0, 0.05) is 61.0 Å². The highest BCUT2D eigenvalue weighted by atomic mass is 16.1. The van der Waals surface area contributed by atoms with Gasteiger partial charge in [-0.15, -0.1) is 0 Å². The number of aryl methyl sites for hydroxylation is 1. The highest BCUT2D eigenvalue weighted by Gasteiger charge is 2.15. The second-order valence-electron chi connectivity index (χ2n) is 7.50. The Labute approximate surface area is 186 Å². The molecule has 8 heteroatoms. The van der Waals surface area contributed by atoms with Crippen LogP contribution in [0.15, 0.2) is 29.3 Å². The van der Waals surface area contributed by atoms with Gasteiger partial charge in [-0.2, -0.15) is 10.2 Å². The summed E-state index contributed by atoms with van der Waals surface area (Å²) in [7, 11) is 2.00. The third kappa shape index (κ3) is 4.01. The van der Waals surface area contributed by atoms with E-state index in [0.717, 1.165) is 64.1 Å². The summed E-state index contributed by atoms with van der Waals surface area (Å²) in [6, 6.07) is 3.60. The zero-order chi connectivity index (χ0) is 22.7. The molecule has 0 radical (unpaired) electrons. The maximum Gasteiger partial charge on any atom is 0.248 e. The smallest absolute Gasteiger partial charge is 0.248 e. The quantitative estimate of drug-likeness (QED) is 0.428. The average Bonchev–Trinajstić information content (AvgIpc) is 3.36. The molecule has 0 fully saturated rings. The maximum atomic E-state index is 12.0. The number of aromatic nitrogens is 6. The predicted molar refractivity (Wildman–Crippen MR) is 128 cm³/mol. The molecule has 8 nitrogen and oxygen atoms in total. The van der Waals surface area contributed by atoms with E-state index in [1.165, 1.54) is 5.69 Å². The van der Waals surface area contributed by atoms with E-state index >= 15 is 0 Å². The van der Waals surface area contributed by atoms with Crippen molar-refractivity contribution in [1.29, 1.82) is 0 Å². The van der Waals surface area contributed by atoms with E-state index < -0.39 is 0 Å². The molecule has 4 aromatic heterocycles. The Morgan fingerprint density at radius 3 is 2.84 bits per heavy atom. The lowest BCUT2D eigenvalue weighted by Gasteiger charge is -2.10. The van der Waals surface area contributed by atoms with Crippen molar-refractivity contribution in [3.8, 4) is 11.3 Å². The fourth-order valence-electron chi connectivity index (χ4n) is 4.12. The number of H-pyrrole nitrogens is 2. The Bertz CT molecular complexity index is 1330. The molecule has 5 rings (SSSR count). The van der Waals surface area contributed by atoms with Crippen molar-refractivity contribution in [2.24, 2.45) is 7.05 Å².